The Morgan fingerprint density at radius 3 is 2.47 bits per heavy atom. The topological polar surface area (TPSA) is 50.8 Å². The molecule has 1 fully saturated rings. The second-order valence-electron chi connectivity index (χ2n) is 9.56. The van der Waals surface area contributed by atoms with E-state index >= 15 is 0 Å². The van der Waals surface area contributed by atoms with Crippen molar-refractivity contribution in [3.63, 3.8) is 0 Å². The Bertz CT molecular complexity index is 1030. The van der Waals surface area contributed by atoms with Crippen molar-refractivity contribution in [1.29, 1.82) is 0 Å². The molecule has 2 aliphatic rings. The zero-order chi connectivity index (χ0) is 22.8. The first-order chi connectivity index (χ1) is 15.3. The van der Waals surface area contributed by atoms with Gasteiger partial charge in [0.15, 0.2) is 0 Å². The molecule has 2 aromatic rings. The van der Waals surface area contributed by atoms with Gasteiger partial charge in [-0.1, -0.05) is 63.2 Å². The molecule has 0 unspecified atom stereocenters. The molecule has 0 bridgehead atoms. The molecule has 0 aromatic heterocycles. The van der Waals surface area contributed by atoms with Gasteiger partial charge < -0.3 is 9.64 Å². The maximum atomic E-state index is 13.2. The van der Waals surface area contributed by atoms with Crippen molar-refractivity contribution >= 4 is 17.2 Å². The van der Waals surface area contributed by atoms with Crippen molar-refractivity contribution in [2.45, 2.75) is 39.2 Å². The molecule has 4 rings (SSSR count). The Morgan fingerprint density at radius 2 is 1.81 bits per heavy atom. The van der Waals surface area contributed by atoms with Crippen molar-refractivity contribution in [2.75, 3.05) is 20.2 Å². The number of carbonyl (C=O) groups is 1. The number of nitrogens with one attached hydrogen (secondary N) is 1. The van der Waals surface area contributed by atoms with Crippen LogP contribution in [0.25, 0.3) is 11.3 Å². The van der Waals surface area contributed by atoms with E-state index < -0.39 is 0 Å². The molecule has 1 spiro atoms. The lowest BCUT2D eigenvalue weighted by atomic mass is 9.81. The minimum atomic E-state index is -0.384. The third-order valence-electron chi connectivity index (χ3n) is 6.23. The summed E-state index contributed by atoms with van der Waals surface area (Å²) in [6, 6.07) is 18.1. The minimum Gasteiger partial charge on any atom is -0.497 e. The van der Waals surface area contributed by atoms with Gasteiger partial charge in [0.2, 0.25) is 5.91 Å². The third-order valence-corrected chi connectivity index (χ3v) is 6.23. The summed E-state index contributed by atoms with van der Waals surface area (Å²) in [4.78, 5) is 21.1. The quantitative estimate of drug-likeness (QED) is 0.686. The van der Waals surface area contributed by atoms with Gasteiger partial charge in [0.1, 0.15) is 11.4 Å². The number of allylic oxidation sites excluding steroid dienone is 1. The Balaban J connectivity index is 1.47. The van der Waals surface area contributed by atoms with Crippen LogP contribution in [-0.2, 0) is 9.63 Å². The molecule has 1 amide bonds. The van der Waals surface area contributed by atoms with E-state index in [-0.39, 0.29) is 16.9 Å². The molecule has 5 nitrogen and oxygen atoms in total. The molecule has 1 saturated heterocycles. The van der Waals surface area contributed by atoms with E-state index in [1.54, 1.807) is 7.11 Å². The van der Waals surface area contributed by atoms with Crippen molar-refractivity contribution in [1.82, 2.24) is 10.4 Å². The van der Waals surface area contributed by atoms with Crippen molar-refractivity contribution in [3.8, 4) is 5.75 Å². The first kappa shape index (κ1) is 22.2. The Hall–Kier alpha value is -3.05. The fourth-order valence-electron chi connectivity index (χ4n) is 4.33. The van der Waals surface area contributed by atoms with E-state index in [9.17, 15) is 4.79 Å². The number of rotatable bonds is 4. The van der Waals surface area contributed by atoms with Crippen LogP contribution in [0.15, 0.2) is 66.7 Å². The molecule has 2 aliphatic heterocycles. The molecule has 5 heteroatoms. The van der Waals surface area contributed by atoms with E-state index in [1.165, 1.54) is 0 Å². The summed E-state index contributed by atoms with van der Waals surface area (Å²) in [6.07, 6.45) is 5.48. The number of amides is 1. The molecular weight excluding hydrogens is 400 g/mol. The smallest absolute Gasteiger partial charge is 0.246 e. The van der Waals surface area contributed by atoms with Gasteiger partial charge in [-0.25, -0.2) is 0 Å². The summed E-state index contributed by atoms with van der Waals surface area (Å²) in [5.74, 6) is 0.878. The highest BCUT2D eigenvalue weighted by molar-refractivity contribution is 5.96. The molecule has 0 saturated carbocycles. The standard InChI is InChI=1S/C27H32N2O3/c1-26(2,3)23(20-9-6-5-7-10-20)18-25(30)29-15-13-27(14-16-29)19-24(28-32-27)21-11-8-12-22(17-21)31-4/h5-12,17-19,28H,13-16H2,1-4H3. The van der Waals surface area contributed by atoms with Gasteiger partial charge in [0, 0.05) is 37.6 Å². The second-order valence-corrected chi connectivity index (χ2v) is 9.56. The number of hydroxylamine groups is 1. The van der Waals surface area contributed by atoms with E-state index in [4.69, 9.17) is 9.57 Å². The molecule has 0 atom stereocenters. The van der Waals surface area contributed by atoms with Crippen LogP contribution in [0.3, 0.4) is 0 Å². The van der Waals surface area contributed by atoms with Crippen molar-refractivity contribution in [3.05, 3.63) is 77.9 Å². The molecule has 0 aliphatic carbocycles. The number of methoxy groups -OCH3 is 1. The van der Waals surface area contributed by atoms with E-state index in [0.29, 0.717) is 13.1 Å². The largest absolute Gasteiger partial charge is 0.497 e. The Morgan fingerprint density at radius 1 is 1.09 bits per heavy atom. The molecular formula is C27H32N2O3. The molecule has 168 valence electrons. The normalized spacial score (nSPS) is 18.3. The van der Waals surface area contributed by atoms with Crippen LogP contribution in [0.1, 0.15) is 44.7 Å². The monoisotopic (exact) mass is 432 g/mol. The van der Waals surface area contributed by atoms with Gasteiger partial charge >= 0.3 is 0 Å². The fraction of sp³-hybridized carbons (Fsp3) is 0.370. The van der Waals surface area contributed by atoms with Gasteiger partial charge in [-0.2, -0.15) is 0 Å². The van der Waals surface area contributed by atoms with Crippen LogP contribution >= 0.6 is 0 Å². The lowest BCUT2D eigenvalue weighted by Crippen LogP contribution is -2.46. The van der Waals surface area contributed by atoms with E-state index in [1.807, 2.05) is 53.4 Å². The summed E-state index contributed by atoms with van der Waals surface area (Å²) in [5, 5.41) is 0. The predicted molar refractivity (Wildman–Crippen MR) is 128 cm³/mol. The number of hydrogen-bond donors (Lipinski definition) is 1. The van der Waals surface area contributed by atoms with Gasteiger partial charge in [-0.15, -0.1) is 0 Å². The molecule has 1 N–H and O–H groups in total. The highest BCUT2D eigenvalue weighted by atomic mass is 16.7. The van der Waals surface area contributed by atoms with Crippen LogP contribution in [-0.4, -0.2) is 36.6 Å². The number of nitrogens with zero attached hydrogens (tertiary/aromatic N) is 1. The lowest BCUT2D eigenvalue weighted by molar-refractivity contribution is -0.131. The van der Waals surface area contributed by atoms with Gasteiger partial charge in [-0.05, 0) is 34.8 Å². The Labute approximate surface area is 190 Å². The number of benzene rings is 2. The second kappa shape index (κ2) is 8.83. The highest BCUT2D eigenvalue weighted by Crippen LogP contribution is 2.37. The Kier molecular flexibility index (Phi) is 6.11. The lowest BCUT2D eigenvalue weighted by Gasteiger charge is -2.36. The van der Waals surface area contributed by atoms with Gasteiger partial charge in [-0.3, -0.25) is 15.1 Å². The SMILES string of the molecule is COc1cccc(C2=CC3(CCN(C(=O)C=C(c4ccccc4)C(C)(C)C)CC3)ON2)c1. The number of hydrogen-bond acceptors (Lipinski definition) is 4. The maximum Gasteiger partial charge on any atom is 0.246 e. The number of carbonyl (C=O) groups excluding carboxylic acids is 1. The minimum absolute atomic E-state index is 0.0663. The van der Waals surface area contributed by atoms with Crippen LogP contribution in [0.4, 0.5) is 0 Å². The zero-order valence-electron chi connectivity index (χ0n) is 19.4. The highest BCUT2D eigenvalue weighted by Gasteiger charge is 2.39. The third kappa shape index (κ3) is 4.73. The van der Waals surface area contributed by atoms with E-state index in [2.05, 4.69) is 44.5 Å². The summed E-state index contributed by atoms with van der Waals surface area (Å²) < 4.78 is 5.33. The molecule has 2 aromatic carbocycles. The predicted octanol–water partition coefficient (Wildman–Crippen LogP) is 5.06. The fourth-order valence-corrected chi connectivity index (χ4v) is 4.33. The summed E-state index contributed by atoms with van der Waals surface area (Å²) >= 11 is 0. The van der Waals surface area contributed by atoms with Crippen molar-refractivity contribution < 1.29 is 14.4 Å². The average molecular weight is 433 g/mol. The number of piperidine rings is 1. The number of ether oxygens (including phenoxy) is 1. The van der Waals surface area contributed by atoms with Gasteiger partial charge in [0.05, 0.1) is 12.8 Å². The first-order valence-corrected chi connectivity index (χ1v) is 11.2. The van der Waals surface area contributed by atoms with E-state index in [0.717, 1.165) is 41.0 Å². The average Bonchev–Trinajstić information content (AvgIpc) is 3.21. The molecule has 2 heterocycles. The molecule has 0 radical (unpaired) electrons. The first-order valence-electron chi connectivity index (χ1n) is 11.2. The maximum absolute atomic E-state index is 13.2. The van der Waals surface area contributed by atoms with Crippen LogP contribution in [0.5, 0.6) is 5.75 Å². The van der Waals surface area contributed by atoms with Crippen molar-refractivity contribution in [2.24, 2.45) is 5.41 Å². The van der Waals surface area contributed by atoms with Gasteiger partial charge in [0.25, 0.3) is 0 Å². The van der Waals surface area contributed by atoms with Crippen LogP contribution in [0.2, 0.25) is 0 Å². The summed E-state index contributed by atoms with van der Waals surface area (Å²) in [5.41, 5.74) is 6.71. The zero-order valence-corrected chi connectivity index (χ0v) is 19.4. The summed E-state index contributed by atoms with van der Waals surface area (Å²) in [7, 11) is 1.66. The number of likely N-dealkylation sites (tertiary alicyclic amines) is 1. The summed E-state index contributed by atoms with van der Waals surface area (Å²) in [6.45, 7) is 7.75. The van der Waals surface area contributed by atoms with Crippen LogP contribution < -0.4 is 10.2 Å². The van der Waals surface area contributed by atoms with Crippen LogP contribution in [0, 0.1) is 5.41 Å². The molecule has 32 heavy (non-hydrogen) atoms.